The first-order valence-corrected chi connectivity index (χ1v) is 8.33. The number of carbonyl (C=O) groups excluding carboxylic acids is 1. The fourth-order valence-electron chi connectivity index (χ4n) is 3.30. The lowest BCUT2D eigenvalue weighted by Crippen LogP contribution is -2.32. The summed E-state index contributed by atoms with van der Waals surface area (Å²) in [6.07, 6.45) is 1.95. The molecule has 0 radical (unpaired) electrons. The normalized spacial score (nSPS) is 15.6. The quantitative estimate of drug-likeness (QED) is 0.641. The predicted octanol–water partition coefficient (Wildman–Crippen LogP) is 4.88. The Morgan fingerprint density at radius 1 is 0.720 bits per heavy atom. The smallest absolute Gasteiger partial charge is 0.330 e. The van der Waals surface area contributed by atoms with E-state index >= 15 is 0 Å². The topological polar surface area (TPSA) is 26.3 Å². The second kappa shape index (κ2) is 6.06. The van der Waals surface area contributed by atoms with Gasteiger partial charge in [0.2, 0.25) is 0 Å². The summed E-state index contributed by atoms with van der Waals surface area (Å²) in [5.74, 6) is 0.346. The highest BCUT2D eigenvalue weighted by Crippen LogP contribution is 2.43. The third-order valence-electron chi connectivity index (χ3n) is 4.67. The van der Waals surface area contributed by atoms with E-state index in [1.807, 2.05) is 97.9 Å². The summed E-state index contributed by atoms with van der Waals surface area (Å²) in [7, 11) is 0. The number of esters is 1. The molecule has 1 heterocycles. The summed E-state index contributed by atoms with van der Waals surface area (Å²) in [5.41, 5.74) is 2.99. The average molecular weight is 326 g/mol. The van der Waals surface area contributed by atoms with Crippen LogP contribution < -0.4 is 0 Å². The van der Waals surface area contributed by atoms with E-state index in [1.165, 1.54) is 5.56 Å². The Bertz CT molecular complexity index is 883. The van der Waals surface area contributed by atoms with Crippen LogP contribution in [-0.4, -0.2) is 5.97 Å². The molecular weight excluding hydrogens is 308 g/mol. The largest absolute Gasteiger partial charge is 0.425 e. The van der Waals surface area contributed by atoms with Crippen molar-refractivity contribution in [3.8, 4) is 0 Å². The number of aryl methyl sites for hydroxylation is 1. The number of cyclic esters (lactones) is 1. The summed E-state index contributed by atoms with van der Waals surface area (Å²) >= 11 is 0. The monoisotopic (exact) mass is 326 g/mol. The van der Waals surface area contributed by atoms with Crippen LogP contribution in [0.5, 0.6) is 0 Å². The fourth-order valence-corrected chi connectivity index (χ4v) is 3.30. The van der Waals surface area contributed by atoms with Crippen molar-refractivity contribution in [2.45, 2.75) is 12.3 Å². The lowest BCUT2D eigenvalue weighted by atomic mass is 9.75. The van der Waals surface area contributed by atoms with Crippen LogP contribution in [0.25, 0.3) is 5.76 Å². The number of hydrogen-bond acceptors (Lipinski definition) is 2. The molecule has 2 heteroatoms. The van der Waals surface area contributed by atoms with E-state index in [-0.39, 0.29) is 5.97 Å². The Balaban J connectivity index is 1.92. The molecule has 3 aromatic carbocycles. The molecule has 0 N–H and O–H groups in total. The van der Waals surface area contributed by atoms with Gasteiger partial charge in [-0.3, -0.25) is 0 Å². The van der Waals surface area contributed by atoms with Gasteiger partial charge in [0.25, 0.3) is 0 Å². The van der Waals surface area contributed by atoms with Crippen molar-refractivity contribution >= 4 is 11.7 Å². The van der Waals surface area contributed by atoms with Gasteiger partial charge in [0, 0.05) is 5.56 Å². The Morgan fingerprint density at radius 2 is 1.24 bits per heavy atom. The maximum atomic E-state index is 13.1. The molecule has 4 rings (SSSR count). The minimum atomic E-state index is -0.914. The lowest BCUT2D eigenvalue weighted by Gasteiger charge is -2.24. The molecule has 0 unspecified atom stereocenters. The van der Waals surface area contributed by atoms with Gasteiger partial charge in [-0.25, -0.2) is 4.79 Å². The zero-order chi connectivity index (χ0) is 17.3. The van der Waals surface area contributed by atoms with Crippen LogP contribution >= 0.6 is 0 Å². The average Bonchev–Trinajstić information content (AvgIpc) is 3.02. The van der Waals surface area contributed by atoms with Gasteiger partial charge in [-0.05, 0) is 24.1 Å². The Morgan fingerprint density at radius 3 is 1.76 bits per heavy atom. The standard InChI is InChI=1S/C23H18O2/c1-17-12-14-18(15-13-17)21-16-23(22(24)25-21,19-8-4-2-5-9-19)20-10-6-3-7-11-20/h2-16H,1H3. The van der Waals surface area contributed by atoms with Crippen molar-refractivity contribution in [3.63, 3.8) is 0 Å². The maximum Gasteiger partial charge on any atom is 0.330 e. The van der Waals surface area contributed by atoms with Crippen molar-refractivity contribution in [2.75, 3.05) is 0 Å². The third kappa shape index (κ3) is 2.56. The molecule has 0 atom stereocenters. The summed E-state index contributed by atoms with van der Waals surface area (Å²) in [4.78, 5) is 13.1. The van der Waals surface area contributed by atoms with Gasteiger partial charge >= 0.3 is 5.97 Å². The van der Waals surface area contributed by atoms with Crippen molar-refractivity contribution in [2.24, 2.45) is 0 Å². The molecule has 0 amide bonds. The molecular formula is C23H18O2. The van der Waals surface area contributed by atoms with E-state index < -0.39 is 5.41 Å². The summed E-state index contributed by atoms with van der Waals surface area (Å²) < 4.78 is 5.73. The molecule has 25 heavy (non-hydrogen) atoms. The summed E-state index contributed by atoms with van der Waals surface area (Å²) in [6.45, 7) is 2.04. The number of ether oxygens (including phenoxy) is 1. The first-order chi connectivity index (χ1) is 12.2. The second-order valence-corrected chi connectivity index (χ2v) is 6.30. The molecule has 0 saturated carbocycles. The molecule has 0 aromatic heterocycles. The van der Waals surface area contributed by atoms with Crippen LogP contribution in [0.2, 0.25) is 0 Å². The Hall–Kier alpha value is -3.13. The van der Waals surface area contributed by atoms with Crippen molar-refractivity contribution in [1.82, 2.24) is 0 Å². The molecule has 0 bridgehead atoms. The lowest BCUT2D eigenvalue weighted by molar-refractivity contribution is -0.138. The van der Waals surface area contributed by atoms with E-state index in [4.69, 9.17) is 4.74 Å². The number of carbonyl (C=O) groups is 1. The maximum absolute atomic E-state index is 13.1. The highest BCUT2D eigenvalue weighted by Gasteiger charge is 2.47. The number of benzene rings is 3. The van der Waals surface area contributed by atoms with Crippen LogP contribution in [0, 0.1) is 6.92 Å². The molecule has 0 spiro atoms. The molecule has 1 aliphatic rings. The third-order valence-corrected chi connectivity index (χ3v) is 4.67. The van der Waals surface area contributed by atoms with Gasteiger partial charge in [-0.15, -0.1) is 0 Å². The van der Waals surface area contributed by atoms with Gasteiger partial charge in [0.1, 0.15) is 11.2 Å². The summed E-state index contributed by atoms with van der Waals surface area (Å²) in [5, 5.41) is 0. The molecule has 3 aromatic rings. The van der Waals surface area contributed by atoms with E-state index in [1.54, 1.807) is 0 Å². The van der Waals surface area contributed by atoms with Gasteiger partial charge in [-0.2, -0.15) is 0 Å². The van der Waals surface area contributed by atoms with Crippen LogP contribution in [-0.2, 0) is 14.9 Å². The second-order valence-electron chi connectivity index (χ2n) is 6.30. The minimum absolute atomic E-state index is 0.263. The van der Waals surface area contributed by atoms with Crippen molar-refractivity contribution in [3.05, 3.63) is 113 Å². The van der Waals surface area contributed by atoms with Gasteiger partial charge in [0.15, 0.2) is 0 Å². The van der Waals surface area contributed by atoms with E-state index in [9.17, 15) is 4.79 Å². The molecule has 122 valence electrons. The molecule has 0 fully saturated rings. The highest BCUT2D eigenvalue weighted by molar-refractivity contribution is 5.99. The predicted molar refractivity (Wildman–Crippen MR) is 98.9 cm³/mol. The molecule has 1 aliphatic heterocycles. The summed E-state index contributed by atoms with van der Waals surface area (Å²) in [6, 6.07) is 27.6. The number of hydrogen-bond donors (Lipinski definition) is 0. The SMILES string of the molecule is Cc1ccc(C2=CC(c3ccccc3)(c3ccccc3)C(=O)O2)cc1. The molecule has 0 saturated heterocycles. The van der Waals surface area contributed by atoms with Crippen molar-refractivity contribution < 1.29 is 9.53 Å². The minimum Gasteiger partial charge on any atom is -0.425 e. The zero-order valence-electron chi connectivity index (χ0n) is 14.0. The van der Waals surface area contributed by atoms with Crippen LogP contribution in [0.4, 0.5) is 0 Å². The van der Waals surface area contributed by atoms with Crippen LogP contribution in [0.3, 0.4) is 0 Å². The van der Waals surface area contributed by atoms with Crippen LogP contribution in [0.15, 0.2) is 91.0 Å². The van der Waals surface area contributed by atoms with E-state index in [0.29, 0.717) is 5.76 Å². The highest BCUT2D eigenvalue weighted by atomic mass is 16.5. The fraction of sp³-hybridized carbons (Fsp3) is 0.0870. The first-order valence-electron chi connectivity index (χ1n) is 8.33. The van der Waals surface area contributed by atoms with Gasteiger partial charge in [0.05, 0.1) is 0 Å². The molecule has 2 nitrogen and oxygen atoms in total. The first kappa shape index (κ1) is 15.4. The number of rotatable bonds is 3. The zero-order valence-corrected chi connectivity index (χ0v) is 14.0. The van der Waals surface area contributed by atoms with Crippen LogP contribution in [0.1, 0.15) is 22.3 Å². The Kier molecular flexibility index (Phi) is 3.73. The van der Waals surface area contributed by atoms with Gasteiger partial charge < -0.3 is 4.74 Å². The Labute approximate surface area is 147 Å². The van der Waals surface area contributed by atoms with Gasteiger partial charge in [-0.1, -0.05) is 90.5 Å². The van der Waals surface area contributed by atoms with Crippen molar-refractivity contribution in [1.29, 1.82) is 0 Å². The van der Waals surface area contributed by atoms with E-state index in [0.717, 1.165) is 16.7 Å². The molecule has 0 aliphatic carbocycles. The van der Waals surface area contributed by atoms with E-state index in [2.05, 4.69) is 0 Å².